The number of hydrogen-bond acceptors (Lipinski definition) is 0. The Bertz CT molecular complexity index is 430. The molecule has 0 N–H and O–H groups in total. The molecule has 0 aliphatic rings. The van der Waals surface area contributed by atoms with E-state index in [-0.39, 0.29) is 51.0 Å². The van der Waals surface area contributed by atoms with Crippen molar-refractivity contribution in [2.75, 3.05) is 0 Å². The van der Waals surface area contributed by atoms with Gasteiger partial charge in [-0.05, 0) is 5.92 Å². The first-order valence-electron chi connectivity index (χ1n) is 5.79. The second kappa shape index (κ2) is 8.46. The Hall–Kier alpha value is 0.293. The molecule has 0 nitrogen and oxygen atoms in total. The molecule has 2 rings (SSSR count). The van der Waals surface area contributed by atoms with Crippen LogP contribution in [0.1, 0.15) is 50.7 Å². The summed E-state index contributed by atoms with van der Waals surface area (Å²) in [5, 5.41) is 2.88. The van der Waals surface area contributed by atoms with Crippen LogP contribution in [0.4, 0.5) is 0 Å². The summed E-state index contributed by atoms with van der Waals surface area (Å²) < 4.78 is 0. The predicted molar refractivity (Wildman–Crippen MR) is 67.7 cm³/mol. The topological polar surface area (TPSA) is 0 Å². The van der Waals surface area contributed by atoms with Crippen molar-refractivity contribution < 1.29 is 51.0 Å². The van der Waals surface area contributed by atoms with E-state index in [4.69, 9.17) is 0 Å². The molecule has 0 spiro atoms. The SMILES string of the molecule is CC(C)c1ccc(C(C)C)c2[cH-]ccc12.[Cl-].[Cl-].[Zr+3]. The summed E-state index contributed by atoms with van der Waals surface area (Å²) in [7, 11) is 0. The summed E-state index contributed by atoms with van der Waals surface area (Å²) in [5.41, 5.74) is 2.94. The molecule has 0 bridgehead atoms. The summed E-state index contributed by atoms with van der Waals surface area (Å²) in [6.07, 6.45) is 0. The van der Waals surface area contributed by atoms with Gasteiger partial charge in [-0.15, -0.1) is 28.5 Å². The smallest absolute Gasteiger partial charge is 1.00 e. The minimum Gasteiger partial charge on any atom is -1.00 e. The third-order valence-corrected chi connectivity index (χ3v) is 3.12. The van der Waals surface area contributed by atoms with Gasteiger partial charge in [0.1, 0.15) is 0 Å². The van der Waals surface area contributed by atoms with Crippen LogP contribution in [-0.2, 0) is 26.2 Å². The molecule has 0 saturated carbocycles. The van der Waals surface area contributed by atoms with Crippen LogP contribution in [0.5, 0.6) is 0 Å². The van der Waals surface area contributed by atoms with E-state index in [0.29, 0.717) is 11.8 Å². The molecular weight excluding hydrogens is 342 g/mol. The molecule has 1 radical (unpaired) electrons. The maximum Gasteiger partial charge on any atom is 3.00 e. The summed E-state index contributed by atoms with van der Waals surface area (Å²) in [5.74, 6) is 1.22. The van der Waals surface area contributed by atoms with Crippen molar-refractivity contribution in [2.24, 2.45) is 0 Å². The van der Waals surface area contributed by atoms with Crippen molar-refractivity contribution in [1.82, 2.24) is 0 Å². The third kappa shape index (κ3) is 3.89. The molecule has 0 heterocycles. The van der Waals surface area contributed by atoms with Gasteiger partial charge in [0, 0.05) is 0 Å². The van der Waals surface area contributed by atoms with Gasteiger partial charge in [0.2, 0.25) is 0 Å². The van der Waals surface area contributed by atoms with Crippen molar-refractivity contribution in [3.63, 3.8) is 0 Å². The van der Waals surface area contributed by atoms with Gasteiger partial charge in [-0.1, -0.05) is 45.2 Å². The maximum atomic E-state index is 2.29. The fraction of sp³-hybridized carbons (Fsp3) is 0.400. The van der Waals surface area contributed by atoms with Crippen molar-refractivity contribution in [3.8, 4) is 0 Å². The molecule has 2 aromatic carbocycles. The average molecular weight is 361 g/mol. The molecule has 0 amide bonds. The van der Waals surface area contributed by atoms with Crippen LogP contribution in [0.25, 0.3) is 10.8 Å². The van der Waals surface area contributed by atoms with Gasteiger partial charge < -0.3 is 24.8 Å². The molecule has 0 aliphatic heterocycles. The zero-order valence-corrected chi connectivity index (χ0v) is 15.3. The fourth-order valence-electron chi connectivity index (χ4n) is 2.29. The van der Waals surface area contributed by atoms with E-state index in [0.717, 1.165) is 0 Å². The van der Waals surface area contributed by atoms with E-state index in [1.807, 2.05) is 0 Å². The first kappa shape index (κ1) is 20.6. The van der Waals surface area contributed by atoms with Crippen LogP contribution in [0.15, 0.2) is 30.3 Å². The second-order valence-electron chi connectivity index (χ2n) is 4.91. The maximum absolute atomic E-state index is 2.29. The fourth-order valence-corrected chi connectivity index (χ4v) is 2.29. The molecule has 0 atom stereocenters. The van der Waals surface area contributed by atoms with E-state index in [1.54, 1.807) is 0 Å². The summed E-state index contributed by atoms with van der Waals surface area (Å²) in [6, 6.07) is 11.3. The molecule has 0 fully saturated rings. The van der Waals surface area contributed by atoms with E-state index < -0.39 is 0 Å². The molecule has 0 aliphatic carbocycles. The Labute approximate surface area is 142 Å². The molecular formula is C15H19Cl2Zr. The Balaban J connectivity index is 0. The first-order valence-corrected chi connectivity index (χ1v) is 5.79. The van der Waals surface area contributed by atoms with Crippen molar-refractivity contribution in [3.05, 3.63) is 41.5 Å². The van der Waals surface area contributed by atoms with Gasteiger partial charge in [-0.25, -0.2) is 0 Å². The molecule has 0 unspecified atom stereocenters. The first-order chi connectivity index (χ1) is 7.11. The third-order valence-electron chi connectivity index (χ3n) is 3.12. The molecule has 97 valence electrons. The van der Waals surface area contributed by atoms with E-state index in [9.17, 15) is 0 Å². The van der Waals surface area contributed by atoms with E-state index in [1.165, 1.54) is 21.9 Å². The Morgan fingerprint density at radius 1 is 0.833 bits per heavy atom. The molecule has 18 heavy (non-hydrogen) atoms. The van der Waals surface area contributed by atoms with Gasteiger partial charge in [-0.3, -0.25) is 0 Å². The summed E-state index contributed by atoms with van der Waals surface area (Å²) in [6.45, 7) is 9.04. The van der Waals surface area contributed by atoms with Crippen LogP contribution in [0.3, 0.4) is 0 Å². The number of hydrogen-bond donors (Lipinski definition) is 0. The zero-order chi connectivity index (χ0) is 11.0. The largest absolute Gasteiger partial charge is 3.00 e. The number of benzene rings is 1. The Kier molecular flexibility index (Phi) is 9.69. The van der Waals surface area contributed by atoms with Crippen molar-refractivity contribution >= 4 is 10.8 Å². The minimum atomic E-state index is 0. The minimum absolute atomic E-state index is 0. The average Bonchev–Trinajstić information content (AvgIpc) is 2.63. The summed E-state index contributed by atoms with van der Waals surface area (Å²) >= 11 is 0. The predicted octanol–water partition coefficient (Wildman–Crippen LogP) is -1.19. The van der Waals surface area contributed by atoms with Crippen LogP contribution in [0, 0.1) is 0 Å². The quantitative estimate of drug-likeness (QED) is 0.591. The number of rotatable bonds is 2. The second-order valence-corrected chi connectivity index (χ2v) is 4.91. The zero-order valence-electron chi connectivity index (χ0n) is 11.3. The molecule has 0 saturated heterocycles. The van der Waals surface area contributed by atoms with Gasteiger partial charge in [0.05, 0.1) is 0 Å². The van der Waals surface area contributed by atoms with Crippen LogP contribution >= 0.6 is 0 Å². The summed E-state index contributed by atoms with van der Waals surface area (Å²) in [4.78, 5) is 0. The van der Waals surface area contributed by atoms with Gasteiger partial charge >= 0.3 is 26.2 Å². The van der Waals surface area contributed by atoms with Crippen LogP contribution in [-0.4, -0.2) is 0 Å². The number of fused-ring (bicyclic) bond motifs is 1. The Morgan fingerprint density at radius 3 is 1.83 bits per heavy atom. The number of halogens is 2. The molecule has 3 heteroatoms. The van der Waals surface area contributed by atoms with Crippen molar-refractivity contribution in [1.29, 1.82) is 0 Å². The Morgan fingerprint density at radius 2 is 1.33 bits per heavy atom. The van der Waals surface area contributed by atoms with Crippen LogP contribution in [0.2, 0.25) is 0 Å². The normalized spacial score (nSPS) is 9.89. The van der Waals surface area contributed by atoms with Crippen LogP contribution < -0.4 is 24.8 Å². The molecule has 0 aromatic heterocycles. The molecule has 2 aromatic rings. The van der Waals surface area contributed by atoms with Crippen molar-refractivity contribution in [2.45, 2.75) is 39.5 Å². The van der Waals surface area contributed by atoms with Gasteiger partial charge in [0.25, 0.3) is 0 Å². The van der Waals surface area contributed by atoms with E-state index >= 15 is 0 Å². The monoisotopic (exact) mass is 359 g/mol. The standard InChI is InChI=1S/C15H19.2ClH.Zr/c1-10(2)12-8-9-13(11(3)4)15-7-5-6-14(12)15;;;/h5-11H,1-4H3;2*1H;/q-1;;;+3/p-2. The van der Waals surface area contributed by atoms with Gasteiger partial charge in [-0.2, -0.15) is 12.1 Å². The van der Waals surface area contributed by atoms with E-state index in [2.05, 4.69) is 58.0 Å². The van der Waals surface area contributed by atoms with Gasteiger partial charge in [0.15, 0.2) is 0 Å².